The van der Waals surface area contributed by atoms with Crippen LogP contribution in [0.3, 0.4) is 0 Å². The van der Waals surface area contributed by atoms with Gasteiger partial charge in [0.2, 0.25) is 5.91 Å². The van der Waals surface area contributed by atoms with Crippen molar-refractivity contribution in [3.63, 3.8) is 0 Å². The summed E-state index contributed by atoms with van der Waals surface area (Å²) in [6.07, 6.45) is 1.53. The first-order chi connectivity index (χ1) is 5.22. The Kier molecular flexibility index (Phi) is 2.43. The first kappa shape index (κ1) is 8.00. The van der Waals surface area contributed by atoms with Gasteiger partial charge in [-0.15, -0.1) is 11.6 Å². The molecule has 0 radical (unpaired) electrons. The number of carbonyl (C=O) groups excluding carboxylic acids is 1. The lowest BCUT2D eigenvalue weighted by Crippen LogP contribution is -2.28. The third-order valence-electron chi connectivity index (χ3n) is 0.956. The van der Waals surface area contributed by atoms with E-state index in [0.717, 1.165) is 0 Å². The average Bonchev–Trinajstić information content (AvgIpc) is 2.35. The van der Waals surface area contributed by atoms with E-state index in [9.17, 15) is 4.79 Å². The fraction of sp³-hybridized carbons (Fsp3) is 0.400. The average molecular weight is 177 g/mol. The fourth-order valence-corrected chi connectivity index (χ4v) is 0.618. The molecule has 0 atom stereocenters. The number of rotatable bonds is 2. The zero-order chi connectivity index (χ0) is 8.27. The van der Waals surface area contributed by atoms with Crippen molar-refractivity contribution in [1.82, 2.24) is 5.27 Å². The second-order valence-electron chi connectivity index (χ2n) is 1.92. The molecule has 6 heteroatoms. The molecule has 0 fully saturated rings. The van der Waals surface area contributed by atoms with E-state index in [4.69, 9.17) is 11.6 Å². The minimum Gasteiger partial charge on any atom is -0.288 e. The van der Waals surface area contributed by atoms with Crippen molar-refractivity contribution < 1.29 is 14.0 Å². The number of amides is 1. The van der Waals surface area contributed by atoms with Crippen molar-refractivity contribution in [2.24, 2.45) is 7.05 Å². The van der Waals surface area contributed by atoms with Crippen LogP contribution in [0.2, 0.25) is 0 Å². The Balaban J connectivity index is 2.57. The highest BCUT2D eigenvalue weighted by Crippen LogP contribution is 1.98. The maximum absolute atomic E-state index is 10.7. The first-order valence-electron chi connectivity index (χ1n) is 2.91. The number of halogens is 1. The van der Waals surface area contributed by atoms with Gasteiger partial charge in [-0.25, -0.2) is 0 Å². The molecule has 1 aromatic rings. The van der Waals surface area contributed by atoms with Crippen LogP contribution >= 0.6 is 11.6 Å². The van der Waals surface area contributed by atoms with Crippen LogP contribution in [0.15, 0.2) is 10.7 Å². The first-order valence-corrected chi connectivity index (χ1v) is 3.44. The van der Waals surface area contributed by atoms with Crippen molar-refractivity contribution in [3.8, 4) is 0 Å². The number of aromatic nitrogens is 2. The maximum atomic E-state index is 10.7. The van der Waals surface area contributed by atoms with Crippen LogP contribution in [0.25, 0.3) is 0 Å². The molecule has 1 N–H and O–H groups in total. The molecule has 0 aromatic carbocycles. The molecule has 0 aliphatic heterocycles. The van der Waals surface area contributed by atoms with Gasteiger partial charge in [0.25, 0.3) is 6.20 Å². The molecule has 1 amide bonds. The smallest absolute Gasteiger partial charge is 0.288 e. The molecule has 0 saturated carbocycles. The van der Waals surface area contributed by atoms with Crippen molar-refractivity contribution >= 4 is 23.4 Å². The van der Waals surface area contributed by atoms with Gasteiger partial charge in [-0.3, -0.25) is 14.6 Å². The molecule has 0 aliphatic rings. The second-order valence-corrected chi connectivity index (χ2v) is 2.19. The predicted octanol–water partition coefficient (Wildman–Crippen LogP) is -0.324. The van der Waals surface area contributed by atoms with Gasteiger partial charge in [-0.05, 0) is 0 Å². The molecule has 0 spiro atoms. The summed E-state index contributed by atoms with van der Waals surface area (Å²) in [7, 11) is 1.68. The van der Waals surface area contributed by atoms with Gasteiger partial charge in [-0.1, -0.05) is 4.68 Å². The highest BCUT2D eigenvalue weighted by atomic mass is 35.5. The van der Waals surface area contributed by atoms with E-state index in [0.29, 0.717) is 0 Å². The summed E-state index contributed by atoms with van der Waals surface area (Å²) in [6, 6.07) is 0. The number of carbonyl (C=O) groups is 1. The lowest BCUT2D eigenvalue weighted by atomic mass is 10.6. The van der Waals surface area contributed by atoms with Crippen molar-refractivity contribution in [2.75, 3.05) is 11.2 Å². The van der Waals surface area contributed by atoms with Gasteiger partial charge in [0.15, 0.2) is 12.3 Å². The fourth-order valence-electron chi connectivity index (χ4n) is 0.551. The minimum atomic E-state index is -0.316. The van der Waals surface area contributed by atoms with Crippen molar-refractivity contribution in [2.45, 2.75) is 0 Å². The molecular weight excluding hydrogens is 170 g/mol. The van der Waals surface area contributed by atoms with Crippen LogP contribution in [-0.4, -0.2) is 17.1 Å². The second kappa shape index (κ2) is 3.34. The summed E-state index contributed by atoms with van der Waals surface area (Å²) in [4.78, 5) is 10.7. The van der Waals surface area contributed by atoms with Crippen LogP contribution in [-0.2, 0) is 11.8 Å². The van der Waals surface area contributed by atoms with Gasteiger partial charge in [-0.2, -0.15) is 0 Å². The Morgan fingerprint density at radius 3 is 3.18 bits per heavy atom. The largest absolute Gasteiger partial charge is 0.302 e. The molecule has 0 aliphatic carbocycles. The Hall–Kier alpha value is -1.10. The van der Waals surface area contributed by atoms with E-state index in [2.05, 4.69) is 15.1 Å². The maximum Gasteiger partial charge on any atom is 0.302 e. The molecule has 0 unspecified atom stereocenters. The van der Waals surface area contributed by atoms with Crippen LogP contribution in [0.1, 0.15) is 0 Å². The molecule has 1 aromatic heterocycles. The Bertz CT molecular complexity index is 260. The van der Waals surface area contributed by atoms with Gasteiger partial charge in [0.05, 0.1) is 0 Å². The summed E-state index contributed by atoms with van der Waals surface area (Å²) in [5.41, 5.74) is 0. The van der Waals surface area contributed by atoms with Gasteiger partial charge in [0.1, 0.15) is 5.88 Å². The number of anilines is 1. The third-order valence-corrected chi connectivity index (χ3v) is 1.20. The van der Waals surface area contributed by atoms with Crippen molar-refractivity contribution in [1.29, 1.82) is 0 Å². The van der Waals surface area contributed by atoms with E-state index < -0.39 is 0 Å². The standard InChI is InChI=1S/C5H6ClN3O2/c1-9-3-5(11-8-9)7-4(10)2-6/h3H,2H2,1H3/p+1. The lowest BCUT2D eigenvalue weighted by Gasteiger charge is -1.90. The van der Waals surface area contributed by atoms with Crippen LogP contribution in [0.5, 0.6) is 0 Å². The molecule has 1 heterocycles. The quantitative estimate of drug-likeness (QED) is 0.496. The Labute approximate surface area is 67.9 Å². The van der Waals surface area contributed by atoms with Gasteiger partial charge >= 0.3 is 5.88 Å². The number of nitrogens with zero attached hydrogens (tertiary/aromatic N) is 2. The third kappa shape index (κ3) is 2.19. The molecule has 0 saturated heterocycles. The van der Waals surface area contributed by atoms with Crippen LogP contribution in [0.4, 0.5) is 5.88 Å². The van der Waals surface area contributed by atoms with E-state index in [-0.39, 0.29) is 17.7 Å². The predicted molar refractivity (Wildman–Crippen MR) is 37.0 cm³/mol. The normalized spacial score (nSPS) is 9.64. The highest BCUT2D eigenvalue weighted by Gasteiger charge is 2.08. The molecule has 60 valence electrons. The minimum absolute atomic E-state index is 0.0928. The number of hydrogen-bond acceptors (Lipinski definition) is 3. The van der Waals surface area contributed by atoms with Crippen LogP contribution < -0.4 is 10.00 Å². The number of alkyl halides is 1. The Morgan fingerprint density at radius 1 is 2.00 bits per heavy atom. The summed E-state index contributed by atoms with van der Waals surface area (Å²) >= 11 is 5.23. The topological polar surface area (TPSA) is 59.0 Å². The Morgan fingerprint density at radius 2 is 2.73 bits per heavy atom. The molecule has 1 rings (SSSR count). The lowest BCUT2D eigenvalue weighted by molar-refractivity contribution is -0.739. The van der Waals surface area contributed by atoms with E-state index in [1.54, 1.807) is 7.05 Å². The molecule has 0 bridgehead atoms. The molecule has 11 heavy (non-hydrogen) atoms. The zero-order valence-corrected chi connectivity index (χ0v) is 6.63. The SMILES string of the molecule is C[n+]1cc(NC(=O)CCl)on1. The van der Waals surface area contributed by atoms with E-state index in [1.807, 2.05) is 0 Å². The number of aryl methyl sites for hydroxylation is 1. The zero-order valence-electron chi connectivity index (χ0n) is 5.87. The number of nitrogens with one attached hydrogen (secondary N) is 1. The van der Waals surface area contributed by atoms with Gasteiger partial charge in [0, 0.05) is 0 Å². The highest BCUT2D eigenvalue weighted by molar-refractivity contribution is 6.28. The van der Waals surface area contributed by atoms with Crippen LogP contribution in [0, 0.1) is 0 Å². The van der Waals surface area contributed by atoms with E-state index >= 15 is 0 Å². The summed E-state index contributed by atoms with van der Waals surface area (Å²) in [6.45, 7) is 0. The summed E-state index contributed by atoms with van der Waals surface area (Å²) < 4.78 is 6.09. The van der Waals surface area contributed by atoms with Crippen molar-refractivity contribution in [3.05, 3.63) is 6.20 Å². The summed E-state index contributed by atoms with van der Waals surface area (Å²) in [5.74, 6) is -0.119. The molecule has 5 nitrogen and oxygen atoms in total. The monoisotopic (exact) mass is 176 g/mol. The summed E-state index contributed by atoms with van der Waals surface area (Å²) in [5, 5.41) is 5.88. The van der Waals surface area contributed by atoms with E-state index in [1.165, 1.54) is 10.9 Å². The number of hydrogen-bond donors (Lipinski definition) is 1. The van der Waals surface area contributed by atoms with Gasteiger partial charge < -0.3 is 0 Å². The molecular formula is C5H7ClN3O2+.